The molecule has 1 heteroatoms. The molecule has 0 saturated carbocycles. The minimum absolute atomic E-state index is 0.00585. The van der Waals surface area contributed by atoms with Crippen LogP contribution in [0.2, 0.25) is 0 Å². The average Bonchev–Trinajstić information content (AvgIpc) is 2.74. The van der Waals surface area contributed by atoms with Gasteiger partial charge in [-0.1, -0.05) is 70.2 Å². The van der Waals surface area contributed by atoms with Gasteiger partial charge in [-0.05, 0) is 76.4 Å². The van der Waals surface area contributed by atoms with Gasteiger partial charge in [0.25, 0.3) is 0 Å². The van der Waals surface area contributed by atoms with Crippen LogP contribution in [0.3, 0.4) is 0 Å². The third kappa shape index (κ3) is 2.73. The van der Waals surface area contributed by atoms with E-state index >= 15 is 0 Å². The largest absolute Gasteiger partial charge is 0.212 e. The van der Waals surface area contributed by atoms with Gasteiger partial charge in [-0.2, -0.15) is 0 Å². The van der Waals surface area contributed by atoms with Gasteiger partial charge in [-0.25, -0.2) is 4.57 Å². The van der Waals surface area contributed by atoms with Crippen LogP contribution in [0.4, 0.5) is 0 Å². The van der Waals surface area contributed by atoms with Crippen LogP contribution in [-0.4, -0.2) is 0 Å². The molecule has 0 atom stereocenters. The molecule has 0 N–H and O–H groups in total. The van der Waals surface area contributed by atoms with Crippen molar-refractivity contribution in [2.24, 2.45) is 7.05 Å². The summed E-state index contributed by atoms with van der Waals surface area (Å²) in [6.07, 6.45) is 2.25. The van der Waals surface area contributed by atoms with Crippen molar-refractivity contribution in [3.63, 3.8) is 0 Å². The Morgan fingerprint density at radius 2 is 1.38 bits per heavy atom. The molecule has 32 heavy (non-hydrogen) atoms. The molecule has 0 radical (unpaired) electrons. The van der Waals surface area contributed by atoms with Gasteiger partial charge < -0.3 is 0 Å². The molecule has 4 aromatic rings. The van der Waals surface area contributed by atoms with Crippen LogP contribution in [0.5, 0.6) is 0 Å². The Morgan fingerprint density at radius 1 is 0.656 bits per heavy atom. The van der Waals surface area contributed by atoms with Crippen LogP contribution >= 0.6 is 0 Å². The Kier molecular flexibility index (Phi) is 4.44. The zero-order valence-electron chi connectivity index (χ0n) is 20.7. The van der Waals surface area contributed by atoms with Gasteiger partial charge in [0.2, 0.25) is 5.69 Å². The van der Waals surface area contributed by atoms with Gasteiger partial charge in [0.15, 0.2) is 6.20 Å². The van der Waals surface area contributed by atoms with Crippen LogP contribution in [0.1, 0.15) is 55.5 Å². The second kappa shape index (κ2) is 6.78. The van der Waals surface area contributed by atoms with Crippen LogP contribution in [0.15, 0.2) is 60.8 Å². The molecule has 1 heterocycles. The fourth-order valence-corrected chi connectivity index (χ4v) is 5.69. The lowest BCUT2D eigenvalue weighted by atomic mass is 9.54. The van der Waals surface area contributed by atoms with Gasteiger partial charge in [0, 0.05) is 22.6 Å². The number of aromatic nitrogens is 1. The number of nitrogens with zero attached hydrogens (tertiary/aromatic N) is 1. The van der Waals surface area contributed by atoms with Gasteiger partial charge in [0.1, 0.15) is 7.05 Å². The highest BCUT2D eigenvalue weighted by molar-refractivity contribution is 5.96. The van der Waals surface area contributed by atoms with Crippen molar-refractivity contribution in [2.45, 2.75) is 59.3 Å². The van der Waals surface area contributed by atoms with E-state index in [1.807, 2.05) is 0 Å². The first-order valence-electron chi connectivity index (χ1n) is 11.7. The normalized spacial score (nSPS) is 16.0. The summed E-state index contributed by atoms with van der Waals surface area (Å²) in [5, 5.41) is 2.71. The van der Waals surface area contributed by atoms with E-state index in [2.05, 4.69) is 121 Å². The first-order valence-corrected chi connectivity index (χ1v) is 11.7. The fraction of sp³-hybridized carbons (Fsp3) is 0.323. The zero-order chi connectivity index (χ0) is 23.0. The van der Waals surface area contributed by atoms with Crippen LogP contribution < -0.4 is 4.57 Å². The second-order valence-electron chi connectivity index (χ2n) is 10.8. The summed E-state index contributed by atoms with van der Waals surface area (Å²) in [6.45, 7) is 16.4. The molecular weight excluding hydrogens is 386 g/mol. The summed E-state index contributed by atoms with van der Waals surface area (Å²) < 4.78 is 2.28. The van der Waals surface area contributed by atoms with E-state index < -0.39 is 0 Å². The predicted molar refractivity (Wildman–Crippen MR) is 136 cm³/mol. The summed E-state index contributed by atoms with van der Waals surface area (Å²) >= 11 is 0. The van der Waals surface area contributed by atoms with Crippen molar-refractivity contribution < 1.29 is 4.57 Å². The van der Waals surface area contributed by atoms with E-state index in [0.29, 0.717) is 0 Å². The van der Waals surface area contributed by atoms with Crippen LogP contribution in [0.25, 0.3) is 33.2 Å². The molecule has 5 rings (SSSR count). The maximum absolute atomic E-state index is 2.48. The molecule has 162 valence electrons. The van der Waals surface area contributed by atoms with E-state index in [1.165, 1.54) is 61.0 Å². The molecule has 0 fully saturated rings. The number of rotatable bonds is 1. The molecule has 0 aliphatic heterocycles. The molecule has 3 aromatic carbocycles. The summed E-state index contributed by atoms with van der Waals surface area (Å²) in [5.74, 6) is 0. The summed E-state index contributed by atoms with van der Waals surface area (Å²) in [4.78, 5) is 0. The predicted octanol–water partition coefficient (Wildman–Crippen LogP) is 7.49. The van der Waals surface area contributed by atoms with Crippen molar-refractivity contribution in [3.8, 4) is 22.4 Å². The Morgan fingerprint density at radius 3 is 2.12 bits per heavy atom. The molecule has 0 amide bonds. The van der Waals surface area contributed by atoms with Gasteiger partial charge in [-0.3, -0.25) is 0 Å². The van der Waals surface area contributed by atoms with Crippen molar-refractivity contribution in [1.29, 1.82) is 0 Å². The molecule has 1 aliphatic carbocycles. The average molecular weight is 421 g/mol. The molecule has 0 saturated heterocycles. The van der Waals surface area contributed by atoms with E-state index in [9.17, 15) is 0 Å². The Bertz CT molecular complexity index is 1400. The molecule has 0 bridgehead atoms. The number of benzene rings is 3. The van der Waals surface area contributed by atoms with Crippen molar-refractivity contribution in [3.05, 3.63) is 88.6 Å². The highest BCUT2D eigenvalue weighted by Crippen LogP contribution is 2.56. The molecule has 1 nitrogen and oxygen atoms in total. The van der Waals surface area contributed by atoms with E-state index in [-0.39, 0.29) is 10.8 Å². The highest BCUT2D eigenvalue weighted by atomic mass is 14.9. The monoisotopic (exact) mass is 420 g/mol. The van der Waals surface area contributed by atoms with E-state index in [1.54, 1.807) is 0 Å². The molecular formula is C31H34N+. The summed E-state index contributed by atoms with van der Waals surface area (Å²) in [7, 11) is 2.16. The first kappa shape index (κ1) is 20.9. The quantitative estimate of drug-likeness (QED) is 0.281. The van der Waals surface area contributed by atoms with Crippen LogP contribution in [0, 0.1) is 20.8 Å². The fourth-order valence-electron chi connectivity index (χ4n) is 5.69. The minimum Gasteiger partial charge on any atom is -0.201 e. The lowest BCUT2D eigenvalue weighted by Gasteiger charge is -2.49. The lowest BCUT2D eigenvalue weighted by molar-refractivity contribution is -0.660. The Labute approximate surface area is 192 Å². The SMILES string of the molecule is Cc1cc(-c2cc3c(cc2C)-c2ccc4ccccc4c2C(C)(C)C3(C)C)[n+](C)cc1C. The standard InChI is InChI=1S/C31H34N/c1-19-16-28(32(8)18-21(19)3)25-17-27-26(15-20(25)2)24-14-13-22-11-9-10-12-23(22)29(24)31(6,7)30(27,4)5/h9-18H,1-8H3/q+1. The minimum atomic E-state index is -0.0137. The second-order valence-corrected chi connectivity index (χ2v) is 10.8. The number of hydrogen-bond acceptors (Lipinski definition) is 0. The lowest BCUT2D eigenvalue weighted by Crippen LogP contribution is -2.44. The molecule has 1 aliphatic rings. The van der Waals surface area contributed by atoms with Crippen molar-refractivity contribution in [2.75, 3.05) is 0 Å². The molecule has 0 unspecified atom stereocenters. The number of pyridine rings is 1. The Hall–Kier alpha value is -2.93. The number of aryl methyl sites for hydroxylation is 4. The number of hydrogen-bond donors (Lipinski definition) is 0. The van der Waals surface area contributed by atoms with Crippen LogP contribution in [-0.2, 0) is 17.9 Å². The third-order valence-corrected chi connectivity index (χ3v) is 8.46. The van der Waals surface area contributed by atoms with Gasteiger partial charge >= 0.3 is 0 Å². The van der Waals surface area contributed by atoms with Gasteiger partial charge in [-0.15, -0.1) is 0 Å². The summed E-state index contributed by atoms with van der Waals surface area (Å²) in [5.41, 5.74) is 12.3. The van der Waals surface area contributed by atoms with E-state index in [0.717, 1.165) is 0 Å². The zero-order valence-corrected chi connectivity index (χ0v) is 20.7. The first-order chi connectivity index (χ1) is 15.0. The maximum atomic E-state index is 2.48. The molecule has 1 aromatic heterocycles. The van der Waals surface area contributed by atoms with E-state index in [4.69, 9.17) is 0 Å². The smallest absolute Gasteiger partial charge is 0.201 e. The van der Waals surface area contributed by atoms with Gasteiger partial charge in [0.05, 0.1) is 0 Å². The maximum Gasteiger partial charge on any atom is 0.212 e. The number of fused-ring (bicyclic) bond motifs is 5. The third-order valence-electron chi connectivity index (χ3n) is 8.46. The highest BCUT2D eigenvalue weighted by Gasteiger charge is 2.47. The van der Waals surface area contributed by atoms with Crippen molar-refractivity contribution >= 4 is 10.8 Å². The summed E-state index contributed by atoms with van der Waals surface area (Å²) in [6, 6.07) is 20.8. The molecule has 0 spiro atoms. The topological polar surface area (TPSA) is 3.88 Å². The van der Waals surface area contributed by atoms with Crippen molar-refractivity contribution in [1.82, 2.24) is 0 Å². The Balaban J connectivity index is 1.86.